The molecule has 0 bridgehead atoms. The van der Waals surface area contributed by atoms with Crippen molar-refractivity contribution in [2.75, 3.05) is 25.6 Å². The molecule has 32 heavy (non-hydrogen) atoms. The number of para-hydroxylation sites is 1. The van der Waals surface area contributed by atoms with Gasteiger partial charge in [0.25, 0.3) is 5.56 Å². The van der Waals surface area contributed by atoms with Gasteiger partial charge in [0.2, 0.25) is 0 Å². The van der Waals surface area contributed by atoms with Crippen LogP contribution in [0.3, 0.4) is 0 Å². The average Bonchev–Trinajstić information content (AvgIpc) is 2.82. The van der Waals surface area contributed by atoms with Gasteiger partial charge >= 0.3 is 0 Å². The Morgan fingerprint density at radius 3 is 2.72 bits per heavy atom. The predicted molar refractivity (Wildman–Crippen MR) is 131 cm³/mol. The number of aromatic nitrogens is 2. The third kappa shape index (κ3) is 4.59. The fourth-order valence-corrected chi connectivity index (χ4v) is 4.18. The van der Waals surface area contributed by atoms with Crippen molar-refractivity contribution in [2.24, 2.45) is 5.10 Å². The molecule has 0 N–H and O–H groups in total. The van der Waals surface area contributed by atoms with Crippen LogP contribution in [0.2, 0.25) is 0 Å². The van der Waals surface area contributed by atoms with Gasteiger partial charge in [-0.3, -0.25) is 4.79 Å². The highest BCUT2D eigenvalue weighted by molar-refractivity contribution is 5.85. The molecule has 4 rings (SSSR count). The molecule has 2 aromatic carbocycles. The molecule has 0 saturated heterocycles. The van der Waals surface area contributed by atoms with Gasteiger partial charge in [0.1, 0.15) is 18.2 Å². The van der Waals surface area contributed by atoms with Crippen LogP contribution >= 0.6 is 0 Å². The topological polar surface area (TPSA) is 59.7 Å². The monoisotopic (exact) mass is 430 g/mol. The molecule has 0 radical (unpaired) electrons. The van der Waals surface area contributed by atoms with Crippen LogP contribution in [0.1, 0.15) is 49.4 Å². The largest absolute Gasteiger partial charge is 0.489 e. The number of hydrogen-bond acceptors (Lipinski definition) is 5. The van der Waals surface area contributed by atoms with E-state index in [2.05, 4.69) is 11.7 Å². The minimum atomic E-state index is -0.133. The molecule has 166 valence electrons. The fourth-order valence-electron chi connectivity index (χ4n) is 4.18. The maximum Gasteiger partial charge on any atom is 0.282 e. The van der Waals surface area contributed by atoms with Gasteiger partial charge in [-0.15, -0.1) is 0 Å². The third-order valence-corrected chi connectivity index (χ3v) is 5.93. The van der Waals surface area contributed by atoms with Gasteiger partial charge in [0.05, 0.1) is 17.1 Å². The van der Waals surface area contributed by atoms with Crippen molar-refractivity contribution in [1.82, 2.24) is 9.66 Å². The Balaban J connectivity index is 1.80. The maximum absolute atomic E-state index is 13.4. The van der Waals surface area contributed by atoms with Crippen LogP contribution < -0.4 is 15.2 Å². The number of nitrogens with zero attached hydrogens (tertiary/aromatic N) is 4. The molecular formula is C26H30N4O2. The van der Waals surface area contributed by atoms with E-state index in [1.807, 2.05) is 61.5 Å². The van der Waals surface area contributed by atoms with E-state index >= 15 is 0 Å². The zero-order valence-electron chi connectivity index (χ0n) is 18.8. The number of hydrogen-bond donors (Lipinski definition) is 0. The van der Waals surface area contributed by atoms with E-state index in [0.717, 1.165) is 48.3 Å². The highest BCUT2D eigenvalue weighted by Crippen LogP contribution is 2.32. The first kappa shape index (κ1) is 21.8. The molecule has 1 saturated carbocycles. The van der Waals surface area contributed by atoms with Crippen LogP contribution in [0.5, 0.6) is 5.75 Å². The minimum absolute atomic E-state index is 0.133. The Hall–Kier alpha value is -3.41. The van der Waals surface area contributed by atoms with Crippen molar-refractivity contribution in [1.29, 1.82) is 0 Å². The summed E-state index contributed by atoms with van der Waals surface area (Å²) in [6, 6.07) is 13.4. The Kier molecular flexibility index (Phi) is 6.69. The highest BCUT2D eigenvalue weighted by Gasteiger charge is 2.22. The summed E-state index contributed by atoms with van der Waals surface area (Å²) in [5.41, 5.74) is 2.42. The lowest BCUT2D eigenvalue weighted by atomic mass is 9.88. The van der Waals surface area contributed by atoms with Crippen LogP contribution in [-0.2, 0) is 0 Å². The Labute approximate surface area is 188 Å². The molecule has 1 aliphatic carbocycles. The molecule has 0 aliphatic heterocycles. The summed E-state index contributed by atoms with van der Waals surface area (Å²) in [5, 5.41) is 5.22. The standard InChI is InChI=1S/C26H30N4O2/c1-4-16-32-24-17-21(29(2)3)15-14-20(24)18-27-30-25(19-10-6-5-7-11-19)28-23-13-9-8-12-22(23)26(30)31/h4,8-9,12-15,17-19H,1,5-7,10-11,16H2,2-3H3. The summed E-state index contributed by atoms with van der Waals surface area (Å²) in [5.74, 6) is 1.69. The van der Waals surface area contributed by atoms with Gasteiger partial charge in [0.15, 0.2) is 0 Å². The Bertz CT molecular complexity index is 1190. The molecule has 0 atom stereocenters. The van der Waals surface area contributed by atoms with Crippen LogP contribution in [0.25, 0.3) is 10.9 Å². The molecule has 0 amide bonds. The van der Waals surface area contributed by atoms with Gasteiger partial charge in [-0.2, -0.15) is 9.78 Å². The quantitative estimate of drug-likeness (QED) is 0.393. The molecule has 0 unspecified atom stereocenters. The zero-order chi connectivity index (χ0) is 22.5. The van der Waals surface area contributed by atoms with Crippen molar-refractivity contribution < 1.29 is 4.74 Å². The Morgan fingerprint density at radius 1 is 1.19 bits per heavy atom. The number of rotatable bonds is 7. The molecule has 1 fully saturated rings. The number of benzene rings is 2. The van der Waals surface area contributed by atoms with Gasteiger partial charge in [0, 0.05) is 37.3 Å². The number of ether oxygens (including phenoxy) is 1. The summed E-state index contributed by atoms with van der Waals surface area (Å²) in [6.45, 7) is 4.13. The van der Waals surface area contributed by atoms with Crippen molar-refractivity contribution in [3.63, 3.8) is 0 Å². The van der Waals surface area contributed by atoms with Crippen LogP contribution in [0.15, 0.2) is 65.0 Å². The van der Waals surface area contributed by atoms with Gasteiger partial charge in [-0.25, -0.2) is 4.98 Å². The number of fused-ring (bicyclic) bond motifs is 1. The van der Waals surface area contributed by atoms with Crippen molar-refractivity contribution in [2.45, 2.75) is 38.0 Å². The van der Waals surface area contributed by atoms with E-state index in [4.69, 9.17) is 9.72 Å². The van der Waals surface area contributed by atoms with Crippen LogP contribution in [0, 0.1) is 0 Å². The van der Waals surface area contributed by atoms with Gasteiger partial charge in [-0.1, -0.05) is 44.1 Å². The van der Waals surface area contributed by atoms with Crippen molar-refractivity contribution >= 4 is 22.8 Å². The summed E-state index contributed by atoms with van der Waals surface area (Å²) in [7, 11) is 3.97. The lowest BCUT2D eigenvalue weighted by Crippen LogP contribution is -2.25. The highest BCUT2D eigenvalue weighted by atomic mass is 16.5. The van der Waals surface area contributed by atoms with E-state index in [9.17, 15) is 4.79 Å². The normalized spacial score (nSPS) is 14.7. The Morgan fingerprint density at radius 2 is 1.97 bits per heavy atom. The van der Waals surface area contributed by atoms with E-state index in [1.54, 1.807) is 12.3 Å². The molecule has 0 spiro atoms. The van der Waals surface area contributed by atoms with E-state index < -0.39 is 0 Å². The summed E-state index contributed by atoms with van der Waals surface area (Å²) in [4.78, 5) is 20.3. The van der Waals surface area contributed by atoms with Gasteiger partial charge < -0.3 is 9.64 Å². The predicted octanol–water partition coefficient (Wildman–Crippen LogP) is 4.96. The molecule has 1 aromatic heterocycles. The smallest absolute Gasteiger partial charge is 0.282 e. The summed E-state index contributed by atoms with van der Waals surface area (Å²) >= 11 is 0. The first-order valence-electron chi connectivity index (χ1n) is 11.2. The lowest BCUT2D eigenvalue weighted by molar-refractivity contribution is 0.363. The van der Waals surface area contributed by atoms with E-state index in [0.29, 0.717) is 17.7 Å². The molecule has 3 aromatic rings. The summed E-state index contributed by atoms with van der Waals surface area (Å²) < 4.78 is 7.37. The van der Waals surface area contributed by atoms with Crippen LogP contribution in [0.4, 0.5) is 5.69 Å². The second-order valence-electron chi connectivity index (χ2n) is 8.40. The SMILES string of the molecule is C=CCOc1cc(N(C)C)ccc1C=Nn1c(C2CCCCC2)nc2ccccc2c1=O. The van der Waals surface area contributed by atoms with Crippen molar-refractivity contribution in [3.8, 4) is 5.75 Å². The first-order valence-corrected chi connectivity index (χ1v) is 11.2. The average molecular weight is 431 g/mol. The maximum atomic E-state index is 13.4. The van der Waals surface area contributed by atoms with E-state index in [1.165, 1.54) is 11.1 Å². The lowest BCUT2D eigenvalue weighted by Gasteiger charge is -2.22. The summed E-state index contributed by atoms with van der Waals surface area (Å²) in [6.07, 6.45) is 9.02. The molecule has 1 heterocycles. The fraction of sp³-hybridized carbons (Fsp3) is 0.346. The van der Waals surface area contributed by atoms with Gasteiger partial charge in [-0.05, 0) is 37.1 Å². The second kappa shape index (κ2) is 9.81. The van der Waals surface area contributed by atoms with Crippen molar-refractivity contribution in [3.05, 3.63) is 76.9 Å². The second-order valence-corrected chi connectivity index (χ2v) is 8.40. The third-order valence-electron chi connectivity index (χ3n) is 5.93. The molecule has 6 nitrogen and oxygen atoms in total. The van der Waals surface area contributed by atoms with E-state index in [-0.39, 0.29) is 11.5 Å². The zero-order valence-corrected chi connectivity index (χ0v) is 18.8. The molecule has 6 heteroatoms. The number of anilines is 1. The first-order chi connectivity index (χ1) is 15.6. The molecule has 1 aliphatic rings. The van der Waals surface area contributed by atoms with Crippen LogP contribution in [-0.4, -0.2) is 36.6 Å². The molecular weight excluding hydrogens is 400 g/mol. The minimum Gasteiger partial charge on any atom is -0.489 e.